The number of hydrogen-bond acceptors (Lipinski definition) is 4. The summed E-state index contributed by atoms with van der Waals surface area (Å²) in [5, 5.41) is 14.2. The van der Waals surface area contributed by atoms with E-state index in [1.54, 1.807) is 16.9 Å². The molecule has 2 aliphatic heterocycles. The molecule has 1 saturated heterocycles. The van der Waals surface area contributed by atoms with Gasteiger partial charge in [0, 0.05) is 56.8 Å². The molecule has 1 atom stereocenters. The number of methoxy groups -OCH3 is 1. The maximum atomic E-state index is 12.5. The molecule has 0 bridgehead atoms. The molecule has 8 heteroatoms. The largest absolute Gasteiger partial charge is 0.497 e. The van der Waals surface area contributed by atoms with Crippen LogP contribution in [0.3, 0.4) is 0 Å². The summed E-state index contributed by atoms with van der Waals surface area (Å²) in [5.74, 6) is 0.678. The van der Waals surface area contributed by atoms with Gasteiger partial charge in [-0.05, 0) is 31.5 Å². The highest BCUT2D eigenvalue weighted by molar-refractivity contribution is 5.90. The lowest BCUT2D eigenvalue weighted by Crippen LogP contribution is -2.69. The van der Waals surface area contributed by atoms with E-state index in [1.807, 2.05) is 39.1 Å². The summed E-state index contributed by atoms with van der Waals surface area (Å²) in [5.41, 5.74) is 2.71. The number of benzene rings is 1. The van der Waals surface area contributed by atoms with Gasteiger partial charge in [0.25, 0.3) is 0 Å². The van der Waals surface area contributed by atoms with E-state index < -0.39 is 6.04 Å². The Morgan fingerprint density at radius 1 is 1.30 bits per heavy atom. The third kappa shape index (κ3) is 2.93. The van der Waals surface area contributed by atoms with E-state index in [0.29, 0.717) is 19.6 Å². The molecule has 8 nitrogen and oxygen atoms in total. The minimum Gasteiger partial charge on any atom is -0.497 e. The molecule has 2 N–H and O–H groups in total. The van der Waals surface area contributed by atoms with E-state index in [0.717, 1.165) is 27.9 Å². The summed E-state index contributed by atoms with van der Waals surface area (Å²) >= 11 is 0. The van der Waals surface area contributed by atoms with Crippen LogP contribution in [0.5, 0.6) is 5.75 Å². The van der Waals surface area contributed by atoms with Crippen LogP contribution in [0.2, 0.25) is 0 Å². The number of urea groups is 1. The maximum Gasteiger partial charge on any atom is 0.317 e. The minimum atomic E-state index is -0.412. The van der Waals surface area contributed by atoms with Gasteiger partial charge in [-0.15, -0.1) is 0 Å². The average molecular weight is 415 g/mol. The summed E-state index contributed by atoms with van der Waals surface area (Å²) in [4.78, 5) is 28.6. The summed E-state index contributed by atoms with van der Waals surface area (Å²) in [6, 6.07) is 5.53. The fourth-order valence-corrected chi connectivity index (χ4v) is 5.11. The number of likely N-dealkylation sites (tertiary alicyclic amines) is 1. The second-order valence-corrected chi connectivity index (χ2v) is 8.79. The molecule has 0 saturated carbocycles. The quantitative estimate of drug-likeness (QED) is 0.801. The number of hydrogen-bond donors (Lipinski definition) is 2. The Morgan fingerprint density at radius 3 is 2.57 bits per heavy atom. The first kappa shape index (κ1) is 20.5. The Hall–Kier alpha value is -2.74. The van der Waals surface area contributed by atoms with Crippen molar-refractivity contribution in [3.8, 4) is 5.75 Å². The van der Waals surface area contributed by atoms with Gasteiger partial charge < -0.3 is 29.5 Å². The molecule has 0 radical (unpaired) electrons. The molecule has 1 aromatic heterocycles. The number of aromatic nitrogens is 1. The van der Waals surface area contributed by atoms with Crippen molar-refractivity contribution in [1.82, 2.24) is 19.7 Å². The van der Waals surface area contributed by atoms with Crippen molar-refractivity contribution >= 4 is 22.8 Å². The highest BCUT2D eigenvalue weighted by atomic mass is 16.5. The maximum absolute atomic E-state index is 12.5. The molecule has 1 fully saturated rings. The van der Waals surface area contributed by atoms with Crippen LogP contribution < -0.4 is 10.1 Å². The Kier molecular flexibility index (Phi) is 4.92. The molecule has 3 heterocycles. The average Bonchev–Trinajstić information content (AvgIpc) is 2.97. The summed E-state index contributed by atoms with van der Waals surface area (Å²) in [6.07, 6.45) is 0. The zero-order valence-corrected chi connectivity index (χ0v) is 18.2. The third-order valence-corrected chi connectivity index (χ3v) is 6.41. The molecule has 162 valence electrons. The van der Waals surface area contributed by atoms with Crippen molar-refractivity contribution in [3.63, 3.8) is 0 Å². The molecule has 4 rings (SSSR count). The Morgan fingerprint density at radius 2 is 2.00 bits per heavy atom. The minimum absolute atomic E-state index is 0.0634. The number of aryl methyl sites for hydroxylation is 1. The van der Waals surface area contributed by atoms with E-state index in [-0.39, 0.29) is 30.0 Å². The zero-order valence-electron chi connectivity index (χ0n) is 18.2. The molecular formula is C22H30N4O4. The van der Waals surface area contributed by atoms with Crippen LogP contribution in [0.25, 0.3) is 10.9 Å². The Bertz CT molecular complexity index is 1010. The normalized spacial score (nSPS) is 19.8. The number of nitrogens with zero attached hydrogens (tertiary/aromatic N) is 3. The van der Waals surface area contributed by atoms with Gasteiger partial charge in [-0.3, -0.25) is 4.79 Å². The van der Waals surface area contributed by atoms with Gasteiger partial charge in [-0.25, -0.2) is 4.79 Å². The van der Waals surface area contributed by atoms with E-state index in [4.69, 9.17) is 4.74 Å². The van der Waals surface area contributed by atoms with Crippen molar-refractivity contribution in [2.75, 3.05) is 33.4 Å². The van der Waals surface area contributed by atoms with Crippen LogP contribution in [0.1, 0.15) is 38.1 Å². The predicted octanol–water partition coefficient (Wildman–Crippen LogP) is 1.75. The molecule has 2 aromatic rings. The van der Waals surface area contributed by atoms with Crippen LogP contribution in [-0.2, 0) is 17.3 Å². The van der Waals surface area contributed by atoms with Crippen LogP contribution >= 0.6 is 0 Å². The lowest BCUT2D eigenvalue weighted by molar-refractivity contribution is -0.136. The Balaban J connectivity index is 1.85. The van der Waals surface area contributed by atoms with E-state index in [2.05, 4.69) is 9.88 Å². The number of aliphatic hydroxyl groups is 1. The van der Waals surface area contributed by atoms with Gasteiger partial charge in [0.05, 0.1) is 30.7 Å². The van der Waals surface area contributed by atoms with Crippen LogP contribution in [-0.4, -0.2) is 70.8 Å². The monoisotopic (exact) mass is 414 g/mol. The number of carbonyl (C=O) groups is 2. The van der Waals surface area contributed by atoms with Gasteiger partial charge in [-0.1, -0.05) is 0 Å². The van der Waals surface area contributed by atoms with Crippen LogP contribution in [0.15, 0.2) is 18.2 Å². The molecular weight excluding hydrogens is 384 g/mol. The molecule has 30 heavy (non-hydrogen) atoms. The number of rotatable bonds is 3. The fourth-order valence-electron chi connectivity index (χ4n) is 5.11. The van der Waals surface area contributed by atoms with Crippen LogP contribution in [0, 0.1) is 0 Å². The second-order valence-electron chi connectivity index (χ2n) is 8.79. The lowest BCUT2D eigenvalue weighted by Gasteiger charge is -2.56. The van der Waals surface area contributed by atoms with Crippen molar-refractivity contribution < 1.29 is 19.4 Å². The highest BCUT2D eigenvalue weighted by Gasteiger charge is 2.55. The second kappa shape index (κ2) is 7.19. The first-order valence-electron chi connectivity index (χ1n) is 10.3. The number of ether oxygens (including phenoxy) is 1. The number of nitrogens with one attached hydrogen (secondary N) is 1. The van der Waals surface area contributed by atoms with Gasteiger partial charge >= 0.3 is 6.03 Å². The van der Waals surface area contributed by atoms with E-state index >= 15 is 0 Å². The third-order valence-electron chi connectivity index (χ3n) is 6.41. The first-order chi connectivity index (χ1) is 14.2. The highest BCUT2D eigenvalue weighted by Crippen LogP contribution is 2.49. The number of aliphatic hydroxyl groups excluding tert-OH is 1. The molecule has 3 amide bonds. The molecule has 1 spiro atoms. The van der Waals surface area contributed by atoms with E-state index in [9.17, 15) is 14.7 Å². The van der Waals surface area contributed by atoms with E-state index in [1.165, 1.54) is 6.92 Å². The fraction of sp³-hybridized carbons (Fsp3) is 0.545. The van der Waals surface area contributed by atoms with Crippen LogP contribution in [0.4, 0.5) is 4.79 Å². The number of fused-ring (bicyclic) bond motifs is 4. The van der Waals surface area contributed by atoms with Crippen molar-refractivity contribution in [2.24, 2.45) is 7.05 Å². The van der Waals surface area contributed by atoms with Gasteiger partial charge in [-0.2, -0.15) is 0 Å². The topological polar surface area (TPSA) is 87.0 Å². The van der Waals surface area contributed by atoms with Crippen molar-refractivity contribution in [2.45, 2.75) is 38.3 Å². The zero-order chi connectivity index (χ0) is 21.8. The van der Waals surface area contributed by atoms with Crippen molar-refractivity contribution in [1.29, 1.82) is 0 Å². The number of amides is 3. The molecule has 0 unspecified atom stereocenters. The summed E-state index contributed by atoms with van der Waals surface area (Å²) in [6.45, 7) is 6.81. The smallest absolute Gasteiger partial charge is 0.317 e. The molecule has 0 aliphatic carbocycles. The summed E-state index contributed by atoms with van der Waals surface area (Å²) in [7, 11) is 3.60. The Labute approximate surface area is 176 Å². The lowest BCUT2D eigenvalue weighted by atomic mass is 9.68. The van der Waals surface area contributed by atoms with Gasteiger partial charge in [0.1, 0.15) is 5.75 Å². The van der Waals surface area contributed by atoms with Gasteiger partial charge in [0.15, 0.2) is 0 Å². The standard InChI is InChI=1S/C22H30N4O4/c1-13(2)23-21(29)25-10-22(11-25)12-26(14(3)28)18(9-27)20-19(22)16-7-6-15(30-5)8-17(16)24(20)4/h6-8,13,18,27H,9-12H2,1-5H3,(H,23,29)/t18-/m1/s1. The van der Waals surface area contributed by atoms with Gasteiger partial charge in [0.2, 0.25) is 5.91 Å². The molecule has 2 aliphatic rings. The number of carbonyl (C=O) groups excluding carboxylic acids is 2. The first-order valence-corrected chi connectivity index (χ1v) is 10.3. The summed E-state index contributed by atoms with van der Waals surface area (Å²) < 4.78 is 7.47. The molecule has 1 aromatic carbocycles. The SMILES string of the molecule is COc1ccc2c3c(n(C)c2c1)[C@@H](CO)N(C(C)=O)CC31CN(C(=O)NC(C)C)C1. The van der Waals surface area contributed by atoms with Crippen molar-refractivity contribution in [3.05, 3.63) is 29.5 Å². The predicted molar refractivity (Wildman–Crippen MR) is 114 cm³/mol.